The molecule has 0 saturated carbocycles. The zero-order valence-electron chi connectivity index (χ0n) is 19.2. The van der Waals surface area contributed by atoms with E-state index in [1.807, 2.05) is 30.3 Å². The van der Waals surface area contributed by atoms with E-state index in [9.17, 15) is 14.4 Å². The lowest BCUT2D eigenvalue weighted by Crippen LogP contribution is -2.54. The summed E-state index contributed by atoms with van der Waals surface area (Å²) in [5.74, 6) is -3.15. The van der Waals surface area contributed by atoms with E-state index in [0.29, 0.717) is 6.61 Å². The van der Waals surface area contributed by atoms with E-state index in [1.165, 1.54) is 0 Å². The number of esters is 3. The molecule has 0 fully saturated rings. The Bertz CT molecular complexity index is 778. The Labute approximate surface area is 186 Å². The van der Waals surface area contributed by atoms with Gasteiger partial charge in [0, 0.05) is 14.0 Å². The van der Waals surface area contributed by atoms with E-state index in [4.69, 9.17) is 14.2 Å². The highest BCUT2D eigenvalue weighted by atomic mass is 28.3. The van der Waals surface area contributed by atoms with Gasteiger partial charge in [-0.15, -0.1) is 0 Å². The topological polar surface area (TPSA) is 78.9 Å². The van der Waals surface area contributed by atoms with Gasteiger partial charge in [-0.1, -0.05) is 62.1 Å². The molecule has 2 rings (SSSR count). The Balaban J connectivity index is 2.36. The first-order valence-corrected chi connectivity index (χ1v) is 14.6. The van der Waals surface area contributed by atoms with Gasteiger partial charge < -0.3 is 14.2 Å². The van der Waals surface area contributed by atoms with Crippen molar-refractivity contribution in [3.8, 4) is 0 Å². The van der Waals surface area contributed by atoms with Gasteiger partial charge in [-0.3, -0.25) is 14.4 Å². The molecule has 1 aliphatic rings. The predicted molar refractivity (Wildman–Crippen MR) is 121 cm³/mol. The van der Waals surface area contributed by atoms with Crippen molar-refractivity contribution in [3.63, 3.8) is 0 Å². The summed E-state index contributed by atoms with van der Waals surface area (Å²) in [6, 6.07) is 10.1. The summed E-state index contributed by atoms with van der Waals surface area (Å²) in [4.78, 5) is 39.3. The monoisotopic (exact) mass is 446 g/mol. The molecule has 0 amide bonds. The second kappa shape index (κ2) is 10.8. The molecule has 0 bridgehead atoms. The summed E-state index contributed by atoms with van der Waals surface area (Å²) in [5, 5.41) is 0. The lowest BCUT2D eigenvalue weighted by molar-refractivity contribution is -0.178. The van der Waals surface area contributed by atoms with Crippen molar-refractivity contribution in [3.05, 3.63) is 48.0 Å². The first-order chi connectivity index (χ1) is 14.7. The van der Waals surface area contributed by atoms with E-state index >= 15 is 0 Å². The summed E-state index contributed by atoms with van der Waals surface area (Å²) in [7, 11) is -1.36. The van der Waals surface area contributed by atoms with Crippen LogP contribution in [-0.4, -0.2) is 45.8 Å². The molecule has 0 aromatic heterocycles. The number of carbonyl (C=O) groups excluding carboxylic acids is 3. The molecule has 0 spiro atoms. The number of benzene rings is 1. The average molecular weight is 447 g/mol. The molecule has 31 heavy (non-hydrogen) atoms. The SMILES string of the molecule is CCOC(=O)C(Cc1ccccc1)(C(=O)OCC)[C@H]1C=C[C@@H]1C(=O)OCC[Si](C)(C)C. The first kappa shape index (κ1) is 24.9. The third kappa shape index (κ3) is 6.06. The maximum Gasteiger partial charge on any atom is 0.324 e. The van der Waals surface area contributed by atoms with Crippen molar-refractivity contribution in [1.82, 2.24) is 0 Å². The number of ether oxygens (including phenoxy) is 3. The van der Waals surface area contributed by atoms with E-state index in [0.717, 1.165) is 11.6 Å². The van der Waals surface area contributed by atoms with Gasteiger partial charge >= 0.3 is 17.9 Å². The fourth-order valence-electron chi connectivity index (χ4n) is 3.64. The molecule has 170 valence electrons. The number of carbonyl (C=O) groups is 3. The van der Waals surface area contributed by atoms with Gasteiger partial charge in [0.25, 0.3) is 0 Å². The van der Waals surface area contributed by atoms with Crippen LogP contribution in [0.5, 0.6) is 0 Å². The second-order valence-electron chi connectivity index (χ2n) is 8.99. The smallest absolute Gasteiger partial charge is 0.324 e. The molecular weight excluding hydrogens is 412 g/mol. The van der Waals surface area contributed by atoms with Crippen LogP contribution < -0.4 is 0 Å². The minimum Gasteiger partial charge on any atom is -0.466 e. The third-order valence-corrected chi connectivity index (χ3v) is 7.16. The number of hydrogen-bond donors (Lipinski definition) is 0. The van der Waals surface area contributed by atoms with Crippen LogP contribution in [0, 0.1) is 17.3 Å². The van der Waals surface area contributed by atoms with Crippen molar-refractivity contribution in [2.45, 2.75) is 46.0 Å². The van der Waals surface area contributed by atoms with E-state index in [-0.39, 0.29) is 19.6 Å². The number of hydrogen-bond acceptors (Lipinski definition) is 6. The average Bonchev–Trinajstić information content (AvgIpc) is 2.66. The lowest BCUT2D eigenvalue weighted by atomic mass is 9.61. The predicted octanol–water partition coefficient (Wildman–Crippen LogP) is 4.03. The van der Waals surface area contributed by atoms with Crippen molar-refractivity contribution in [1.29, 1.82) is 0 Å². The van der Waals surface area contributed by atoms with Crippen molar-refractivity contribution < 1.29 is 28.6 Å². The van der Waals surface area contributed by atoms with Crippen LogP contribution in [0.15, 0.2) is 42.5 Å². The largest absolute Gasteiger partial charge is 0.466 e. The Morgan fingerprint density at radius 3 is 1.94 bits per heavy atom. The zero-order valence-corrected chi connectivity index (χ0v) is 20.2. The molecule has 0 N–H and O–H groups in total. The van der Waals surface area contributed by atoms with Gasteiger partial charge in [0.2, 0.25) is 0 Å². The van der Waals surface area contributed by atoms with Gasteiger partial charge in [-0.25, -0.2) is 0 Å². The van der Waals surface area contributed by atoms with Crippen LogP contribution in [0.4, 0.5) is 0 Å². The molecule has 0 aliphatic heterocycles. The Morgan fingerprint density at radius 1 is 0.903 bits per heavy atom. The molecule has 1 aromatic carbocycles. The minimum absolute atomic E-state index is 0.0825. The van der Waals surface area contributed by atoms with E-state index in [1.54, 1.807) is 26.0 Å². The minimum atomic E-state index is -1.65. The molecule has 0 unspecified atom stereocenters. The molecule has 1 aliphatic carbocycles. The molecule has 0 radical (unpaired) electrons. The Kier molecular flexibility index (Phi) is 8.62. The molecular formula is C24H34O6Si. The molecule has 7 heteroatoms. The number of allylic oxidation sites excluding steroid dienone is 1. The van der Waals surface area contributed by atoms with Gasteiger partial charge in [0.05, 0.1) is 25.7 Å². The maximum absolute atomic E-state index is 13.2. The van der Waals surface area contributed by atoms with E-state index < -0.39 is 43.2 Å². The van der Waals surface area contributed by atoms with Gasteiger partial charge in [-0.05, 0) is 31.9 Å². The van der Waals surface area contributed by atoms with Gasteiger partial charge in [0.15, 0.2) is 5.41 Å². The van der Waals surface area contributed by atoms with Crippen LogP contribution in [-0.2, 0) is 35.0 Å². The van der Waals surface area contributed by atoms with Crippen molar-refractivity contribution in [2.24, 2.45) is 17.3 Å². The van der Waals surface area contributed by atoms with Crippen molar-refractivity contribution >= 4 is 26.0 Å². The van der Waals surface area contributed by atoms with Crippen LogP contribution in [0.25, 0.3) is 0 Å². The van der Waals surface area contributed by atoms with Gasteiger partial charge in [-0.2, -0.15) is 0 Å². The fourth-order valence-corrected chi connectivity index (χ4v) is 4.35. The van der Waals surface area contributed by atoms with Crippen molar-refractivity contribution in [2.75, 3.05) is 19.8 Å². The Morgan fingerprint density at radius 2 is 1.48 bits per heavy atom. The maximum atomic E-state index is 13.2. The highest BCUT2D eigenvalue weighted by molar-refractivity contribution is 6.76. The van der Waals surface area contributed by atoms with Crippen LogP contribution in [0.2, 0.25) is 25.7 Å². The standard InChI is InChI=1S/C24H34O6Si/c1-6-28-22(26)24(23(27)29-7-2,17-18-11-9-8-10-12-18)20-14-13-19(20)21(25)30-15-16-31(3,4)5/h8-14,19-20H,6-7,15-17H2,1-5H3/t19-,20-/m0/s1. The second-order valence-corrected chi connectivity index (χ2v) is 14.6. The molecule has 2 atom stereocenters. The lowest BCUT2D eigenvalue weighted by Gasteiger charge is -2.41. The molecule has 1 aromatic rings. The number of rotatable bonds is 11. The first-order valence-electron chi connectivity index (χ1n) is 10.9. The van der Waals surface area contributed by atoms with Crippen LogP contribution >= 0.6 is 0 Å². The molecule has 0 saturated heterocycles. The van der Waals surface area contributed by atoms with E-state index in [2.05, 4.69) is 19.6 Å². The third-order valence-electron chi connectivity index (χ3n) is 5.46. The quantitative estimate of drug-likeness (QED) is 0.168. The Hall–Kier alpha value is -2.41. The zero-order chi connectivity index (χ0) is 23.1. The fraction of sp³-hybridized carbons (Fsp3) is 0.542. The van der Waals surface area contributed by atoms with Crippen LogP contribution in [0.3, 0.4) is 0 Å². The summed E-state index contributed by atoms with van der Waals surface area (Å²) in [6.45, 7) is 10.6. The van der Waals surface area contributed by atoms with Crippen LogP contribution in [0.1, 0.15) is 19.4 Å². The normalized spacial score (nSPS) is 18.1. The summed E-state index contributed by atoms with van der Waals surface area (Å²) in [5.41, 5.74) is -0.861. The highest BCUT2D eigenvalue weighted by Gasteiger charge is 2.59. The summed E-state index contributed by atoms with van der Waals surface area (Å²) in [6.07, 6.45) is 3.50. The molecule has 6 nitrogen and oxygen atoms in total. The highest BCUT2D eigenvalue weighted by Crippen LogP contribution is 2.46. The summed E-state index contributed by atoms with van der Waals surface area (Å²) < 4.78 is 16.2. The van der Waals surface area contributed by atoms with Gasteiger partial charge in [0.1, 0.15) is 0 Å². The summed E-state index contributed by atoms with van der Waals surface area (Å²) >= 11 is 0. The molecule has 0 heterocycles.